The maximum absolute atomic E-state index is 5.72. The Kier molecular flexibility index (Phi) is 4.16. The van der Waals surface area contributed by atoms with Crippen molar-refractivity contribution in [3.63, 3.8) is 0 Å². The van der Waals surface area contributed by atoms with Gasteiger partial charge >= 0.3 is 0 Å². The van der Waals surface area contributed by atoms with Gasteiger partial charge < -0.3 is 0 Å². The highest BCUT2D eigenvalue weighted by molar-refractivity contribution is 6.17. The van der Waals surface area contributed by atoms with Crippen molar-refractivity contribution < 1.29 is 0 Å². The molecule has 0 amide bonds. The molecule has 0 aromatic heterocycles. The summed E-state index contributed by atoms with van der Waals surface area (Å²) in [6.07, 6.45) is 2.26. The van der Waals surface area contributed by atoms with Crippen molar-refractivity contribution in [2.75, 3.05) is 5.88 Å². The average Bonchev–Trinajstić information content (AvgIpc) is 2.15. The maximum atomic E-state index is 5.72. The van der Waals surface area contributed by atoms with E-state index in [0.717, 1.165) is 12.3 Å². The van der Waals surface area contributed by atoms with E-state index in [4.69, 9.17) is 11.6 Å². The normalized spacial score (nSPS) is 12.8. The smallest absolute Gasteiger partial charge is 0.0229 e. The summed E-state index contributed by atoms with van der Waals surface area (Å²) in [7, 11) is 0. The van der Waals surface area contributed by atoms with Gasteiger partial charge in [0.15, 0.2) is 0 Å². The molecule has 12 heavy (non-hydrogen) atoms. The van der Waals surface area contributed by atoms with E-state index in [1.165, 1.54) is 12.0 Å². The lowest BCUT2D eigenvalue weighted by atomic mass is 9.94. The highest BCUT2D eigenvalue weighted by atomic mass is 35.5. The highest BCUT2D eigenvalue weighted by Crippen LogP contribution is 2.22. The van der Waals surface area contributed by atoms with Crippen molar-refractivity contribution in [3.8, 4) is 0 Å². The first kappa shape index (κ1) is 9.60. The van der Waals surface area contributed by atoms with Gasteiger partial charge in [-0.1, -0.05) is 37.3 Å². The predicted molar refractivity (Wildman–Crippen MR) is 54.8 cm³/mol. The summed E-state index contributed by atoms with van der Waals surface area (Å²) >= 11 is 5.72. The average molecular weight is 183 g/mol. The van der Waals surface area contributed by atoms with Gasteiger partial charge in [-0.05, 0) is 24.3 Å². The molecule has 0 unspecified atom stereocenters. The largest absolute Gasteiger partial charge is 0.127 e. The van der Waals surface area contributed by atoms with Crippen LogP contribution in [-0.2, 0) is 0 Å². The molecule has 0 heterocycles. The lowest BCUT2D eigenvalue weighted by Gasteiger charge is -2.12. The molecule has 0 saturated carbocycles. The number of hydrogen-bond donors (Lipinski definition) is 0. The Bertz CT molecular complexity index is 206. The Morgan fingerprint density at radius 2 is 1.92 bits per heavy atom. The van der Waals surface area contributed by atoms with E-state index in [-0.39, 0.29) is 0 Å². The van der Waals surface area contributed by atoms with E-state index in [0.29, 0.717) is 5.92 Å². The van der Waals surface area contributed by atoms with Crippen molar-refractivity contribution in [2.24, 2.45) is 0 Å². The molecular weight excluding hydrogens is 168 g/mol. The van der Waals surface area contributed by atoms with E-state index >= 15 is 0 Å². The molecule has 0 radical (unpaired) electrons. The minimum atomic E-state index is 0.642. The van der Waals surface area contributed by atoms with Crippen molar-refractivity contribution in [2.45, 2.75) is 25.7 Å². The van der Waals surface area contributed by atoms with Crippen LogP contribution in [0.5, 0.6) is 0 Å². The zero-order chi connectivity index (χ0) is 8.81. The van der Waals surface area contributed by atoms with E-state index in [1.807, 2.05) is 0 Å². The Balaban J connectivity index is 2.66. The summed E-state index contributed by atoms with van der Waals surface area (Å²) in [5.41, 5.74) is 1.42. The molecule has 0 nitrogen and oxygen atoms in total. The Labute approximate surface area is 79.6 Å². The van der Waals surface area contributed by atoms with Gasteiger partial charge in [0.1, 0.15) is 0 Å². The van der Waals surface area contributed by atoms with Crippen LogP contribution in [0.1, 0.15) is 31.2 Å². The predicted octanol–water partition coefficient (Wildman–Crippen LogP) is 3.81. The lowest BCUT2D eigenvalue weighted by Crippen LogP contribution is -1.97. The molecule has 1 rings (SSSR count). The molecule has 0 N–H and O–H groups in total. The molecule has 0 aliphatic rings. The highest BCUT2D eigenvalue weighted by Gasteiger charge is 2.06. The van der Waals surface area contributed by atoms with Crippen molar-refractivity contribution in [3.05, 3.63) is 35.9 Å². The number of rotatable bonds is 4. The Morgan fingerprint density at radius 3 is 2.42 bits per heavy atom. The van der Waals surface area contributed by atoms with Gasteiger partial charge in [0, 0.05) is 5.88 Å². The zero-order valence-electron chi connectivity index (χ0n) is 7.46. The van der Waals surface area contributed by atoms with Gasteiger partial charge in [0.05, 0.1) is 0 Å². The Morgan fingerprint density at radius 1 is 1.25 bits per heavy atom. The molecular formula is C11H15Cl. The number of hydrogen-bond acceptors (Lipinski definition) is 0. The van der Waals surface area contributed by atoms with Crippen LogP contribution in [0.2, 0.25) is 0 Å². The monoisotopic (exact) mass is 182 g/mol. The summed E-state index contributed by atoms with van der Waals surface area (Å²) < 4.78 is 0. The van der Waals surface area contributed by atoms with Crippen LogP contribution in [0.15, 0.2) is 30.3 Å². The van der Waals surface area contributed by atoms with Crippen LogP contribution in [0.4, 0.5) is 0 Å². The van der Waals surface area contributed by atoms with Gasteiger partial charge in [0.2, 0.25) is 0 Å². The van der Waals surface area contributed by atoms with Crippen LogP contribution in [0, 0.1) is 0 Å². The van der Waals surface area contributed by atoms with Crippen molar-refractivity contribution in [1.29, 1.82) is 0 Å². The van der Waals surface area contributed by atoms with E-state index in [2.05, 4.69) is 37.3 Å². The standard InChI is InChI=1S/C11H15Cl/c1-2-10(8-9-12)11-6-4-3-5-7-11/h3-7,10H,2,8-9H2,1H3/t10-/m1/s1. The van der Waals surface area contributed by atoms with E-state index in [9.17, 15) is 0 Å². The third kappa shape index (κ3) is 2.53. The molecule has 1 aromatic carbocycles. The second kappa shape index (κ2) is 5.21. The summed E-state index contributed by atoms with van der Waals surface area (Å²) in [6, 6.07) is 10.6. The van der Waals surface area contributed by atoms with Gasteiger partial charge in [-0.25, -0.2) is 0 Å². The third-order valence-corrected chi connectivity index (χ3v) is 2.44. The maximum Gasteiger partial charge on any atom is 0.0229 e. The van der Waals surface area contributed by atoms with E-state index in [1.54, 1.807) is 0 Å². The lowest BCUT2D eigenvalue weighted by molar-refractivity contribution is 0.645. The fourth-order valence-electron chi connectivity index (χ4n) is 1.46. The summed E-state index contributed by atoms with van der Waals surface area (Å²) in [4.78, 5) is 0. The summed E-state index contributed by atoms with van der Waals surface area (Å²) in [6.45, 7) is 2.21. The van der Waals surface area contributed by atoms with Crippen LogP contribution in [-0.4, -0.2) is 5.88 Å². The molecule has 1 heteroatoms. The van der Waals surface area contributed by atoms with Crippen molar-refractivity contribution in [1.82, 2.24) is 0 Å². The first-order valence-corrected chi connectivity index (χ1v) is 5.02. The molecule has 1 atom stereocenters. The first-order valence-electron chi connectivity index (χ1n) is 4.49. The molecule has 66 valence electrons. The second-order valence-electron chi connectivity index (χ2n) is 2.99. The number of halogens is 1. The van der Waals surface area contributed by atoms with Gasteiger partial charge in [-0.3, -0.25) is 0 Å². The van der Waals surface area contributed by atoms with Crippen LogP contribution >= 0.6 is 11.6 Å². The van der Waals surface area contributed by atoms with Crippen LogP contribution in [0.3, 0.4) is 0 Å². The molecule has 0 aliphatic heterocycles. The molecule has 0 saturated heterocycles. The summed E-state index contributed by atoms with van der Waals surface area (Å²) in [5, 5.41) is 0. The summed E-state index contributed by atoms with van der Waals surface area (Å²) in [5.74, 6) is 1.40. The molecule has 0 fully saturated rings. The van der Waals surface area contributed by atoms with Crippen LogP contribution in [0.25, 0.3) is 0 Å². The van der Waals surface area contributed by atoms with Gasteiger partial charge in [-0.15, -0.1) is 11.6 Å². The van der Waals surface area contributed by atoms with Gasteiger partial charge in [-0.2, -0.15) is 0 Å². The van der Waals surface area contributed by atoms with E-state index < -0.39 is 0 Å². The Hall–Kier alpha value is -0.490. The third-order valence-electron chi connectivity index (χ3n) is 2.22. The SMILES string of the molecule is CC[C@H](CCCl)c1ccccc1. The van der Waals surface area contributed by atoms with Crippen molar-refractivity contribution >= 4 is 11.6 Å². The topological polar surface area (TPSA) is 0 Å². The second-order valence-corrected chi connectivity index (χ2v) is 3.37. The zero-order valence-corrected chi connectivity index (χ0v) is 8.22. The first-order chi connectivity index (χ1) is 5.88. The number of alkyl halides is 1. The quantitative estimate of drug-likeness (QED) is 0.622. The molecule has 0 bridgehead atoms. The fourth-order valence-corrected chi connectivity index (χ4v) is 1.73. The molecule has 0 aliphatic carbocycles. The number of benzene rings is 1. The minimum Gasteiger partial charge on any atom is -0.127 e. The van der Waals surface area contributed by atoms with Gasteiger partial charge in [0.25, 0.3) is 0 Å². The van der Waals surface area contributed by atoms with Crippen LogP contribution < -0.4 is 0 Å². The minimum absolute atomic E-state index is 0.642. The molecule has 0 spiro atoms. The molecule has 1 aromatic rings. The fraction of sp³-hybridized carbons (Fsp3) is 0.455.